The van der Waals surface area contributed by atoms with Crippen LogP contribution in [0.3, 0.4) is 0 Å². The van der Waals surface area contributed by atoms with Crippen molar-refractivity contribution in [3.8, 4) is 17.1 Å². The third-order valence-electron chi connectivity index (χ3n) is 10.6. The molecule has 314 valence electrons. The highest BCUT2D eigenvalue weighted by Gasteiger charge is 2.44. The molecule has 60 heavy (non-hydrogen) atoms. The second kappa shape index (κ2) is 20.1. The summed E-state index contributed by atoms with van der Waals surface area (Å²) in [5.74, 6) is 0.196. The number of aliphatic hydroxyl groups is 1. The fourth-order valence-corrected chi connectivity index (χ4v) is 7.66. The van der Waals surface area contributed by atoms with Gasteiger partial charge in [0.25, 0.3) is 0 Å². The van der Waals surface area contributed by atoms with Crippen LogP contribution in [0.5, 0.6) is 5.88 Å². The summed E-state index contributed by atoms with van der Waals surface area (Å²) in [6.07, 6.45) is -0.992. The molecule has 0 radical (unpaired) electrons. The molecule has 3 aromatic carbocycles. The maximum atomic E-state index is 14.5. The minimum absolute atomic E-state index is 0.0623. The Morgan fingerprint density at radius 1 is 0.783 bits per heavy atom. The molecular weight excluding hydrogens is 757 g/mol. The Bertz CT molecular complexity index is 2180. The Balaban J connectivity index is 1.22. The number of nitrogens with one attached hydrogen (secondary N) is 2. The van der Waals surface area contributed by atoms with Crippen molar-refractivity contribution in [2.45, 2.75) is 84.3 Å². The molecule has 1 aliphatic heterocycles. The number of amides is 4. The van der Waals surface area contributed by atoms with E-state index < -0.39 is 35.7 Å². The van der Waals surface area contributed by atoms with Crippen molar-refractivity contribution in [1.82, 2.24) is 30.4 Å². The predicted octanol–water partition coefficient (Wildman–Crippen LogP) is 7.13. The van der Waals surface area contributed by atoms with Gasteiger partial charge in [-0.1, -0.05) is 118 Å². The monoisotopic (exact) mass is 812 g/mol. The van der Waals surface area contributed by atoms with Gasteiger partial charge >= 0.3 is 12.1 Å². The van der Waals surface area contributed by atoms with Crippen molar-refractivity contribution in [1.29, 1.82) is 0 Å². The number of carbonyl (C=O) groups excluding carboxylic acids is 3. The molecule has 3 N–H and O–H groups in total. The van der Waals surface area contributed by atoms with Gasteiger partial charge in [0.05, 0.1) is 37.2 Å². The molecule has 0 unspecified atom stereocenters. The van der Waals surface area contributed by atoms with Gasteiger partial charge in [0.1, 0.15) is 12.6 Å². The van der Waals surface area contributed by atoms with E-state index in [1.165, 1.54) is 0 Å². The van der Waals surface area contributed by atoms with Crippen LogP contribution < -0.4 is 15.4 Å². The summed E-state index contributed by atoms with van der Waals surface area (Å²) in [7, 11) is 1.57. The number of rotatable bonds is 17. The number of aromatic nitrogens is 2. The molecule has 6 rings (SSSR count). The molecule has 4 amide bonds. The topological polar surface area (TPSA) is 146 Å². The minimum atomic E-state index is -1.11. The Kier molecular flexibility index (Phi) is 14.5. The van der Waals surface area contributed by atoms with E-state index in [-0.39, 0.29) is 31.4 Å². The number of benzene rings is 3. The summed E-state index contributed by atoms with van der Waals surface area (Å²) in [6.45, 7) is 9.03. The molecule has 0 bridgehead atoms. The Morgan fingerprint density at radius 2 is 1.45 bits per heavy atom. The molecule has 0 aliphatic carbocycles. The van der Waals surface area contributed by atoms with E-state index in [2.05, 4.69) is 20.6 Å². The lowest BCUT2D eigenvalue weighted by Gasteiger charge is -2.38. The van der Waals surface area contributed by atoms with Crippen LogP contribution in [0.15, 0.2) is 121 Å². The number of pyridine rings is 2. The van der Waals surface area contributed by atoms with E-state index in [4.69, 9.17) is 9.47 Å². The van der Waals surface area contributed by atoms with Crippen molar-refractivity contribution in [2.24, 2.45) is 5.41 Å². The number of alkyl carbamates (subject to hydrolysis) is 1. The van der Waals surface area contributed by atoms with Crippen LogP contribution in [0, 0.1) is 12.3 Å². The predicted molar refractivity (Wildman–Crippen MR) is 231 cm³/mol. The molecule has 5 aromatic rings. The number of methoxy groups -OCH3 is 1. The summed E-state index contributed by atoms with van der Waals surface area (Å²) in [6, 6.07) is 35.8. The first-order valence-electron chi connectivity index (χ1n) is 20.4. The lowest BCUT2D eigenvalue weighted by Crippen LogP contribution is -2.57. The Labute approximate surface area is 353 Å². The summed E-state index contributed by atoms with van der Waals surface area (Å²) >= 11 is 0. The van der Waals surface area contributed by atoms with Crippen molar-refractivity contribution in [3.63, 3.8) is 0 Å². The number of urea groups is 1. The molecule has 12 heteroatoms. The zero-order valence-corrected chi connectivity index (χ0v) is 35.1. The number of carbonyl (C=O) groups is 3. The number of ether oxygens (including phenoxy) is 2. The molecule has 1 saturated heterocycles. The van der Waals surface area contributed by atoms with Crippen LogP contribution in [-0.4, -0.2) is 87.3 Å². The van der Waals surface area contributed by atoms with Crippen molar-refractivity contribution in [3.05, 3.63) is 149 Å². The molecule has 0 spiro atoms. The molecule has 1 aliphatic rings. The zero-order valence-electron chi connectivity index (χ0n) is 35.1. The van der Waals surface area contributed by atoms with Crippen LogP contribution in [0.1, 0.15) is 55.3 Å². The smallest absolute Gasteiger partial charge is 0.407 e. The van der Waals surface area contributed by atoms with Gasteiger partial charge in [-0.3, -0.25) is 9.78 Å². The second-order valence-electron chi connectivity index (χ2n) is 16.4. The standard InChI is InChI=1S/C48H56N6O6/c1-33-14-12-19-38(49-33)31-53-26-27-54(47(53)58)44(48(2,3)4)45(56)50-39(28-34-15-8-6-9-16-34)30-42(55)41(52-46(57)60-32-36-17-10-7-11-18-36)29-35-22-24-37(25-23-35)40-20-13-21-43(51-40)59-5/h6-25,39,41-42,44,55H,26-32H2,1-5H3,(H,50,56)(H,52,57)/t39-,41-,42-,44+/m0/s1. The number of hydrogen-bond acceptors (Lipinski definition) is 8. The van der Waals surface area contributed by atoms with Gasteiger partial charge in [0, 0.05) is 36.5 Å². The minimum Gasteiger partial charge on any atom is -0.481 e. The van der Waals surface area contributed by atoms with Gasteiger partial charge in [-0.25, -0.2) is 14.6 Å². The largest absolute Gasteiger partial charge is 0.481 e. The third kappa shape index (κ3) is 11.9. The van der Waals surface area contributed by atoms with E-state index in [0.29, 0.717) is 31.9 Å². The van der Waals surface area contributed by atoms with Crippen LogP contribution in [0.25, 0.3) is 11.3 Å². The number of aliphatic hydroxyl groups excluding tert-OH is 1. The third-order valence-corrected chi connectivity index (χ3v) is 10.6. The molecular formula is C48H56N6O6. The number of aryl methyl sites for hydroxylation is 1. The van der Waals surface area contributed by atoms with Crippen LogP contribution in [-0.2, 0) is 35.5 Å². The number of nitrogens with zero attached hydrogens (tertiary/aromatic N) is 4. The first-order valence-corrected chi connectivity index (χ1v) is 20.4. The van der Waals surface area contributed by atoms with Gasteiger partial charge in [0.2, 0.25) is 11.8 Å². The lowest BCUT2D eigenvalue weighted by molar-refractivity contribution is -0.129. The van der Waals surface area contributed by atoms with E-state index in [1.54, 1.807) is 23.0 Å². The average Bonchev–Trinajstić information content (AvgIpc) is 3.58. The van der Waals surface area contributed by atoms with Gasteiger partial charge in [-0.05, 0) is 66.5 Å². The molecule has 0 saturated carbocycles. The van der Waals surface area contributed by atoms with E-state index >= 15 is 0 Å². The van der Waals surface area contributed by atoms with Crippen LogP contribution in [0.2, 0.25) is 0 Å². The molecule has 1 fully saturated rings. The van der Waals surface area contributed by atoms with Crippen molar-refractivity contribution < 1.29 is 29.0 Å². The zero-order chi connectivity index (χ0) is 42.6. The normalized spacial score (nSPS) is 14.9. The molecule has 12 nitrogen and oxygen atoms in total. The van der Waals surface area contributed by atoms with Crippen molar-refractivity contribution >= 4 is 18.0 Å². The van der Waals surface area contributed by atoms with Gasteiger partial charge in [-0.15, -0.1) is 0 Å². The first kappa shape index (κ1) is 43.3. The van der Waals surface area contributed by atoms with Gasteiger partial charge < -0.3 is 35.0 Å². The fraction of sp³-hybridized carbons (Fsp3) is 0.354. The maximum absolute atomic E-state index is 14.5. The maximum Gasteiger partial charge on any atom is 0.407 e. The van der Waals surface area contributed by atoms with Crippen LogP contribution in [0.4, 0.5) is 9.59 Å². The van der Waals surface area contributed by atoms with E-state index in [9.17, 15) is 19.5 Å². The summed E-state index contributed by atoms with van der Waals surface area (Å²) in [4.78, 5) is 54.3. The SMILES string of the molecule is COc1cccc(-c2ccc(C[C@H](NC(=O)OCc3ccccc3)[C@@H](O)C[C@H](Cc3ccccc3)NC(=O)[C@@H](N3CCN(Cc4cccc(C)n4)C3=O)C(C)(C)C)cc2)n1. The first-order chi connectivity index (χ1) is 28.9. The highest BCUT2D eigenvalue weighted by molar-refractivity contribution is 5.89. The van der Waals surface area contributed by atoms with Gasteiger partial charge in [0.15, 0.2) is 0 Å². The Morgan fingerprint density at radius 3 is 2.12 bits per heavy atom. The van der Waals surface area contributed by atoms with Crippen LogP contribution >= 0.6 is 0 Å². The van der Waals surface area contributed by atoms with E-state index in [0.717, 1.165) is 39.3 Å². The lowest BCUT2D eigenvalue weighted by atomic mass is 9.84. The van der Waals surface area contributed by atoms with Gasteiger partial charge in [-0.2, -0.15) is 0 Å². The summed E-state index contributed by atoms with van der Waals surface area (Å²) < 4.78 is 10.9. The number of hydrogen-bond donors (Lipinski definition) is 3. The summed E-state index contributed by atoms with van der Waals surface area (Å²) in [5.41, 5.74) is 5.33. The second-order valence-corrected chi connectivity index (χ2v) is 16.4. The molecule has 4 atom stereocenters. The highest BCUT2D eigenvalue weighted by Crippen LogP contribution is 2.29. The summed E-state index contributed by atoms with van der Waals surface area (Å²) in [5, 5.41) is 18.3. The van der Waals surface area contributed by atoms with Crippen molar-refractivity contribution in [2.75, 3.05) is 20.2 Å². The Hall–Kier alpha value is -6.27. The van der Waals surface area contributed by atoms with E-state index in [1.807, 2.05) is 143 Å². The average molecular weight is 813 g/mol. The molecule has 3 heterocycles. The molecule has 2 aromatic heterocycles. The quantitative estimate of drug-likeness (QED) is 0.0900. The highest BCUT2D eigenvalue weighted by atomic mass is 16.5. The fourth-order valence-electron chi connectivity index (χ4n) is 7.66.